The molecule has 1 fully saturated rings. The molecule has 23 heavy (non-hydrogen) atoms. The van der Waals surface area contributed by atoms with E-state index in [1.807, 2.05) is 0 Å². The Hall–Kier alpha value is -1.02. The first-order valence-electron chi connectivity index (χ1n) is 6.83. The van der Waals surface area contributed by atoms with E-state index in [1.165, 1.54) is 0 Å². The van der Waals surface area contributed by atoms with Gasteiger partial charge in [0.15, 0.2) is 11.5 Å². The Morgan fingerprint density at radius 1 is 0.957 bits per heavy atom. The Kier molecular flexibility index (Phi) is 6.13. The van der Waals surface area contributed by atoms with Gasteiger partial charge in [0.1, 0.15) is 37.3 Å². The van der Waals surface area contributed by atoms with Gasteiger partial charge in [-0.05, 0) is 0 Å². The van der Waals surface area contributed by atoms with Crippen LogP contribution in [0, 0.1) is 0 Å². The predicted octanol–water partition coefficient (Wildman–Crippen LogP) is -3.74. The lowest BCUT2D eigenvalue weighted by Gasteiger charge is -2.39. The third kappa shape index (κ3) is 3.74. The molecule has 0 bridgehead atoms. The topological polar surface area (TPSA) is 179 Å². The van der Waals surface area contributed by atoms with Crippen molar-refractivity contribution in [3.05, 3.63) is 11.5 Å². The first-order chi connectivity index (χ1) is 10.9. The van der Waals surface area contributed by atoms with Gasteiger partial charge in [-0.15, -0.1) is 0 Å². The minimum absolute atomic E-state index is 0.263. The van der Waals surface area contributed by atoms with E-state index in [-0.39, 0.29) is 6.61 Å². The van der Waals surface area contributed by atoms with Gasteiger partial charge in [-0.25, -0.2) is 0 Å². The van der Waals surface area contributed by atoms with Crippen LogP contribution in [0.5, 0.6) is 0 Å². The maximum absolute atomic E-state index is 9.91. The highest BCUT2D eigenvalue weighted by Gasteiger charge is 2.47. The van der Waals surface area contributed by atoms with Crippen molar-refractivity contribution in [3.63, 3.8) is 0 Å². The van der Waals surface area contributed by atoms with Gasteiger partial charge in [-0.3, -0.25) is 0 Å². The van der Waals surface area contributed by atoms with E-state index in [9.17, 15) is 25.5 Å². The fourth-order valence-corrected chi connectivity index (χ4v) is 2.25. The van der Waals surface area contributed by atoms with Crippen LogP contribution in [0.15, 0.2) is 11.5 Å². The lowest BCUT2D eigenvalue weighted by atomic mass is 9.99. The molecular weight excluding hydrogens is 320 g/mol. The SMILES string of the molecule is OCOCC1OC(O)C(OC2OC(CO)C(O)C(O)C2O)=C1O. The monoisotopic (exact) mass is 340 g/mol. The molecule has 11 nitrogen and oxygen atoms in total. The van der Waals surface area contributed by atoms with Crippen molar-refractivity contribution in [1.29, 1.82) is 0 Å². The summed E-state index contributed by atoms with van der Waals surface area (Å²) in [6.45, 7) is -1.53. The van der Waals surface area contributed by atoms with Crippen LogP contribution in [0.25, 0.3) is 0 Å². The summed E-state index contributed by atoms with van der Waals surface area (Å²) in [5.74, 6) is -1.01. The highest BCUT2D eigenvalue weighted by atomic mass is 16.7. The van der Waals surface area contributed by atoms with Gasteiger partial charge in [-0.1, -0.05) is 0 Å². The van der Waals surface area contributed by atoms with Crippen LogP contribution in [0.2, 0.25) is 0 Å². The van der Waals surface area contributed by atoms with Crippen molar-refractivity contribution in [2.75, 3.05) is 20.0 Å². The van der Waals surface area contributed by atoms with Crippen molar-refractivity contribution in [1.82, 2.24) is 0 Å². The quantitative estimate of drug-likeness (QED) is 0.236. The van der Waals surface area contributed by atoms with E-state index in [0.29, 0.717) is 0 Å². The summed E-state index contributed by atoms with van der Waals surface area (Å²) in [7, 11) is 0. The van der Waals surface area contributed by atoms with Crippen LogP contribution in [0.4, 0.5) is 0 Å². The molecule has 7 atom stereocenters. The molecule has 0 aromatic carbocycles. The van der Waals surface area contributed by atoms with Crippen molar-refractivity contribution in [3.8, 4) is 0 Å². The number of hydrogen-bond donors (Lipinski definition) is 7. The lowest BCUT2D eigenvalue weighted by molar-refractivity contribution is -0.297. The largest absolute Gasteiger partial charge is 0.506 e. The van der Waals surface area contributed by atoms with E-state index in [4.69, 9.17) is 24.4 Å². The number of aliphatic hydroxyl groups excluding tert-OH is 7. The first kappa shape index (κ1) is 18.3. The third-order valence-electron chi connectivity index (χ3n) is 3.53. The second-order valence-electron chi connectivity index (χ2n) is 5.04. The fourth-order valence-electron chi connectivity index (χ4n) is 2.25. The van der Waals surface area contributed by atoms with Crippen LogP contribution >= 0.6 is 0 Å². The third-order valence-corrected chi connectivity index (χ3v) is 3.53. The second-order valence-corrected chi connectivity index (χ2v) is 5.04. The van der Waals surface area contributed by atoms with Crippen molar-refractivity contribution in [2.45, 2.75) is 43.1 Å². The molecule has 134 valence electrons. The van der Waals surface area contributed by atoms with Crippen LogP contribution in [-0.2, 0) is 18.9 Å². The van der Waals surface area contributed by atoms with Gasteiger partial charge in [0.25, 0.3) is 0 Å². The number of aliphatic hydroxyl groups is 7. The maximum Gasteiger partial charge on any atom is 0.229 e. The Bertz CT molecular complexity index is 425. The molecule has 11 heteroatoms. The molecule has 2 heterocycles. The molecule has 1 saturated heterocycles. The molecule has 0 aliphatic carbocycles. The maximum atomic E-state index is 9.91. The van der Waals surface area contributed by atoms with Gasteiger partial charge < -0.3 is 54.7 Å². The van der Waals surface area contributed by atoms with E-state index < -0.39 is 68.0 Å². The van der Waals surface area contributed by atoms with Gasteiger partial charge in [0.05, 0.1) is 13.2 Å². The van der Waals surface area contributed by atoms with Gasteiger partial charge in [0.2, 0.25) is 12.6 Å². The minimum atomic E-state index is -1.70. The highest BCUT2D eigenvalue weighted by molar-refractivity contribution is 5.14. The Balaban J connectivity index is 2.08. The molecule has 2 aliphatic rings. The van der Waals surface area contributed by atoms with Crippen molar-refractivity contribution < 1.29 is 54.7 Å². The van der Waals surface area contributed by atoms with Gasteiger partial charge >= 0.3 is 0 Å². The molecule has 0 radical (unpaired) electrons. The zero-order chi connectivity index (χ0) is 17.1. The van der Waals surface area contributed by atoms with Gasteiger partial charge in [-0.2, -0.15) is 0 Å². The Labute approximate surface area is 130 Å². The predicted molar refractivity (Wildman–Crippen MR) is 68.4 cm³/mol. The highest BCUT2D eigenvalue weighted by Crippen LogP contribution is 2.30. The normalized spacial score (nSPS) is 41.4. The minimum Gasteiger partial charge on any atom is -0.506 e. The van der Waals surface area contributed by atoms with E-state index in [0.717, 1.165) is 0 Å². The van der Waals surface area contributed by atoms with E-state index in [1.54, 1.807) is 0 Å². The van der Waals surface area contributed by atoms with Crippen molar-refractivity contribution >= 4 is 0 Å². The number of hydrogen-bond acceptors (Lipinski definition) is 11. The molecule has 2 rings (SSSR count). The molecule has 7 unspecified atom stereocenters. The average molecular weight is 340 g/mol. The van der Waals surface area contributed by atoms with Crippen LogP contribution < -0.4 is 0 Å². The summed E-state index contributed by atoms with van der Waals surface area (Å²) in [5, 5.41) is 66.4. The summed E-state index contributed by atoms with van der Waals surface area (Å²) >= 11 is 0. The molecule has 0 aromatic heterocycles. The van der Waals surface area contributed by atoms with E-state index >= 15 is 0 Å². The number of rotatable bonds is 6. The molecule has 2 aliphatic heterocycles. The van der Waals surface area contributed by atoms with Crippen LogP contribution in [0.3, 0.4) is 0 Å². The molecule has 0 amide bonds. The van der Waals surface area contributed by atoms with Crippen molar-refractivity contribution in [2.24, 2.45) is 0 Å². The number of ether oxygens (including phenoxy) is 4. The molecule has 0 spiro atoms. The molecule has 7 N–H and O–H groups in total. The molecule has 0 aromatic rings. The zero-order valence-corrected chi connectivity index (χ0v) is 11.9. The van der Waals surface area contributed by atoms with Crippen LogP contribution in [-0.4, -0.2) is 98.9 Å². The lowest BCUT2D eigenvalue weighted by Crippen LogP contribution is -2.59. The Morgan fingerprint density at radius 2 is 1.65 bits per heavy atom. The summed E-state index contributed by atoms with van der Waals surface area (Å²) in [6.07, 6.45) is -10.5. The van der Waals surface area contributed by atoms with Crippen LogP contribution in [0.1, 0.15) is 0 Å². The zero-order valence-electron chi connectivity index (χ0n) is 11.9. The van der Waals surface area contributed by atoms with E-state index in [2.05, 4.69) is 4.74 Å². The molecule has 0 saturated carbocycles. The first-order valence-corrected chi connectivity index (χ1v) is 6.83. The fraction of sp³-hybridized carbons (Fsp3) is 0.833. The molecular formula is C12H20O11. The smallest absolute Gasteiger partial charge is 0.229 e. The average Bonchev–Trinajstić information content (AvgIpc) is 2.80. The summed E-state index contributed by atoms with van der Waals surface area (Å²) in [5.41, 5.74) is 0. The summed E-state index contributed by atoms with van der Waals surface area (Å²) < 4.78 is 19.8. The standard InChI is InChI=1S/C12H20O11/c13-1-4-6(15)8(17)9(18)12(22-4)23-10-7(16)5(2-20-3-14)21-11(10)19/h4-6,8-9,11-19H,1-3H2. The van der Waals surface area contributed by atoms with Gasteiger partial charge in [0, 0.05) is 0 Å². The summed E-state index contributed by atoms with van der Waals surface area (Å²) in [6, 6.07) is 0. The Morgan fingerprint density at radius 3 is 2.26 bits per heavy atom. The second kappa shape index (κ2) is 7.70. The summed E-state index contributed by atoms with van der Waals surface area (Å²) in [4.78, 5) is 0.